The highest BCUT2D eigenvalue weighted by molar-refractivity contribution is 6.32. The fraction of sp³-hybridized carbons (Fsp3) is 0.300. The number of ether oxygens (including phenoxy) is 1. The van der Waals surface area contributed by atoms with Crippen LogP contribution in [0.4, 0.5) is 8.78 Å². The van der Waals surface area contributed by atoms with Gasteiger partial charge in [0.15, 0.2) is 5.78 Å². The van der Waals surface area contributed by atoms with E-state index in [0.717, 1.165) is 0 Å². The van der Waals surface area contributed by atoms with Crippen LogP contribution in [-0.2, 0) is 0 Å². The van der Waals surface area contributed by atoms with Gasteiger partial charge in [-0.1, -0.05) is 11.6 Å². The van der Waals surface area contributed by atoms with Gasteiger partial charge >= 0.3 is 6.61 Å². The van der Waals surface area contributed by atoms with Gasteiger partial charge in [-0.15, -0.1) is 0 Å². The Kier molecular flexibility index (Phi) is 3.63. The minimum Gasteiger partial charge on any atom is -0.433 e. The molecule has 0 radical (unpaired) electrons. The predicted octanol–water partition coefficient (Wildman–Crippen LogP) is 3.45. The molecule has 15 heavy (non-hydrogen) atoms. The summed E-state index contributed by atoms with van der Waals surface area (Å²) >= 11 is 5.71. The number of alkyl halides is 2. The summed E-state index contributed by atoms with van der Waals surface area (Å²) in [5.41, 5.74) is 0.784. The quantitative estimate of drug-likeness (QED) is 0.749. The molecule has 1 aromatic rings. The van der Waals surface area contributed by atoms with Gasteiger partial charge in [0.1, 0.15) is 5.75 Å². The minimum absolute atomic E-state index is 0.0144. The monoisotopic (exact) mass is 234 g/mol. The lowest BCUT2D eigenvalue weighted by molar-refractivity contribution is -0.0502. The van der Waals surface area contributed by atoms with Crippen molar-refractivity contribution >= 4 is 17.4 Å². The van der Waals surface area contributed by atoms with E-state index in [-0.39, 0.29) is 16.6 Å². The average Bonchev–Trinajstić information content (AvgIpc) is 2.10. The van der Waals surface area contributed by atoms with Gasteiger partial charge in [0.25, 0.3) is 0 Å². The number of hydrogen-bond donors (Lipinski definition) is 0. The van der Waals surface area contributed by atoms with Gasteiger partial charge in [-0.3, -0.25) is 4.79 Å². The third-order valence-corrected chi connectivity index (χ3v) is 2.12. The van der Waals surface area contributed by atoms with Gasteiger partial charge in [0.05, 0.1) is 5.02 Å². The van der Waals surface area contributed by atoms with E-state index >= 15 is 0 Å². The van der Waals surface area contributed by atoms with Crippen molar-refractivity contribution in [3.8, 4) is 5.75 Å². The highest BCUT2D eigenvalue weighted by atomic mass is 35.5. The Morgan fingerprint density at radius 2 is 2.07 bits per heavy atom. The van der Waals surface area contributed by atoms with Crippen molar-refractivity contribution in [2.75, 3.05) is 0 Å². The minimum atomic E-state index is -2.93. The Hall–Kier alpha value is -1.16. The summed E-state index contributed by atoms with van der Waals surface area (Å²) in [4.78, 5) is 11.0. The SMILES string of the molecule is CC(=O)c1cc(C)c(OC(F)F)c(Cl)c1. The van der Waals surface area contributed by atoms with E-state index in [0.29, 0.717) is 11.1 Å². The van der Waals surface area contributed by atoms with E-state index in [2.05, 4.69) is 4.74 Å². The number of Topliss-reactive ketones (excluding diaryl/α,β-unsaturated/α-hetero) is 1. The van der Waals surface area contributed by atoms with E-state index in [4.69, 9.17) is 11.6 Å². The lowest BCUT2D eigenvalue weighted by atomic mass is 10.1. The normalized spacial score (nSPS) is 10.5. The molecule has 5 heteroatoms. The molecule has 0 atom stereocenters. The number of carbonyl (C=O) groups excluding carboxylic acids is 1. The molecule has 0 fully saturated rings. The van der Waals surface area contributed by atoms with Crippen molar-refractivity contribution in [1.29, 1.82) is 0 Å². The van der Waals surface area contributed by atoms with Gasteiger partial charge in [0, 0.05) is 5.56 Å². The van der Waals surface area contributed by atoms with E-state index in [1.165, 1.54) is 19.1 Å². The number of hydrogen-bond acceptors (Lipinski definition) is 2. The molecule has 0 heterocycles. The molecule has 0 bridgehead atoms. The van der Waals surface area contributed by atoms with Crippen LogP contribution in [0.3, 0.4) is 0 Å². The van der Waals surface area contributed by atoms with E-state index in [1.807, 2.05) is 0 Å². The summed E-state index contributed by atoms with van der Waals surface area (Å²) in [6.45, 7) is -0.00113. The molecule has 1 rings (SSSR count). The van der Waals surface area contributed by atoms with Crippen molar-refractivity contribution < 1.29 is 18.3 Å². The van der Waals surface area contributed by atoms with Gasteiger partial charge in [-0.05, 0) is 31.5 Å². The first-order valence-electron chi connectivity index (χ1n) is 4.17. The molecule has 0 N–H and O–H groups in total. The second-order valence-corrected chi connectivity index (χ2v) is 3.45. The molecule has 0 saturated heterocycles. The first kappa shape index (κ1) is 11.9. The molecule has 0 spiro atoms. The maximum atomic E-state index is 12.0. The summed E-state index contributed by atoms with van der Waals surface area (Å²) in [7, 11) is 0. The summed E-state index contributed by atoms with van der Waals surface area (Å²) in [6, 6.07) is 2.78. The van der Waals surface area contributed by atoms with Gasteiger partial charge in [-0.2, -0.15) is 8.78 Å². The lowest BCUT2D eigenvalue weighted by Crippen LogP contribution is -2.05. The maximum absolute atomic E-state index is 12.0. The Labute approximate surface area is 90.8 Å². The Morgan fingerprint density at radius 1 is 1.47 bits per heavy atom. The van der Waals surface area contributed by atoms with Crippen molar-refractivity contribution in [3.05, 3.63) is 28.3 Å². The third-order valence-electron chi connectivity index (χ3n) is 1.84. The summed E-state index contributed by atoms with van der Waals surface area (Å²) in [5, 5.41) is 0.0144. The summed E-state index contributed by atoms with van der Waals surface area (Å²) in [6.07, 6.45) is 0. The average molecular weight is 235 g/mol. The van der Waals surface area contributed by atoms with Crippen LogP contribution in [-0.4, -0.2) is 12.4 Å². The predicted molar refractivity (Wildman–Crippen MR) is 52.8 cm³/mol. The first-order valence-corrected chi connectivity index (χ1v) is 4.55. The second-order valence-electron chi connectivity index (χ2n) is 3.04. The van der Waals surface area contributed by atoms with Crippen LogP contribution in [0, 0.1) is 6.92 Å². The molecular weight excluding hydrogens is 226 g/mol. The molecule has 0 aliphatic heterocycles. The second kappa shape index (κ2) is 4.57. The van der Waals surface area contributed by atoms with Gasteiger partial charge in [-0.25, -0.2) is 0 Å². The molecule has 0 aliphatic rings. The Balaban J connectivity index is 3.15. The van der Waals surface area contributed by atoms with Crippen LogP contribution in [0.1, 0.15) is 22.8 Å². The highest BCUT2D eigenvalue weighted by Gasteiger charge is 2.13. The van der Waals surface area contributed by atoms with Crippen LogP contribution >= 0.6 is 11.6 Å². The number of ketones is 1. The molecule has 0 aliphatic carbocycles. The number of aryl methyl sites for hydroxylation is 1. The van der Waals surface area contributed by atoms with Crippen molar-refractivity contribution in [1.82, 2.24) is 0 Å². The zero-order chi connectivity index (χ0) is 11.6. The summed E-state index contributed by atoms with van der Waals surface area (Å²) < 4.78 is 28.2. The molecule has 0 aromatic heterocycles. The van der Waals surface area contributed by atoms with Crippen LogP contribution in [0.5, 0.6) is 5.75 Å². The van der Waals surface area contributed by atoms with Crippen molar-refractivity contribution in [2.45, 2.75) is 20.5 Å². The zero-order valence-electron chi connectivity index (χ0n) is 8.18. The van der Waals surface area contributed by atoms with Crippen LogP contribution in [0.15, 0.2) is 12.1 Å². The van der Waals surface area contributed by atoms with Crippen molar-refractivity contribution in [2.24, 2.45) is 0 Å². The topological polar surface area (TPSA) is 26.3 Å². The van der Waals surface area contributed by atoms with Crippen LogP contribution in [0.25, 0.3) is 0 Å². The maximum Gasteiger partial charge on any atom is 0.387 e. The molecule has 82 valence electrons. The number of rotatable bonds is 3. The van der Waals surface area contributed by atoms with E-state index < -0.39 is 6.61 Å². The smallest absolute Gasteiger partial charge is 0.387 e. The lowest BCUT2D eigenvalue weighted by Gasteiger charge is -2.10. The van der Waals surface area contributed by atoms with Gasteiger partial charge < -0.3 is 4.74 Å². The standard InChI is InChI=1S/C10H9ClF2O2/c1-5-3-7(6(2)14)4-8(11)9(5)15-10(12)13/h3-4,10H,1-2H3. The van der Waals surface area contributed by atoms with Crippen LogP contribution in [0.2, 0.25) is 5.02 Å². The van der Waals surface area contributed by atoms with Crippen LogP contribution < -0.4 is 4.74 Å². The third kappa shape index (κ3) is 2.89. The number of benzene rings is 1. The molecule has 0 amide bonds. The van der Waals surface area contributed by atoms with E-state index in [9.17, 15) is 13.6 Å². The number of carbonyl (C=O) groups is 1. The fourth-order valence-electron chi connectivity index (χ4n) is 1.17. The molecule has 0 unspecified atom stereocenters. The van der Waals surface area contributed by atoms with Crippen molar-refractivity contribution in [3.63, 3.8) is 0 Å². The fourth-order valence-corrected chi connectivity index (χ4v) is 1.48. The molecular formula is C10H9ClF2O2. The molecule has 0 saturated carbocycles. The summed E-state index contributed by atoms with van der Waals surface area (Å²) in [5.74, 6) is -0.264. The first-order chi connectivity index (χ1) is 6.91. The molecule has 1 aromatic carbocycles. The largest absolute Gasteiger partial charge is 0.433 e. The number of halogens is 3. The van der Waals surface area contributed by atoms with E-state index in [1.54, 1.807) is 6.92 Å². The Morgan fingerprint density at radius 3 is 2.47 bits per heavy atom. The Bertz CT molecular complexity index is 368. The molecule has 2 nitrogen and oxygen atoms in total. The zero-order valence-corrected chi connectivity index (χ0v) is 8.94. The van der Waals surface area contributed by atoms with Gasteiger partial charge in [0.2, 0.25) is 0 Å². The highest BCUT2D eigenvalue weighted by Crippen LogP contribution is 2.31.